The summed E-state index contributed by atoms with van der Waals surface area (Å²) in [5.41, 5.74) is 0.252. The monoisotopic (exact) mass is 189 g/mol. The predicted molar refractivity (Wildman–Crippen MR) is 55.0 cm³/mol. The summed E-state index contributed by atoms with van der Waals surface area (Å²) >= 11 is 0. The molecule has 0 aliphatic rings. The van der Waals surface area contributed by atoms with Gasteiger partial charge in [0.15, 0.2) is 0 Å². The third kappa shape index (κ3) is 6.02. The minimum Gasteiger partial charge on any atom is -0.384 e. The van der Waals surface area contributed by atoms with Crippen molar-refractivity contribution in [1.29, 1.82) is 0 Å². The zero-order valence-corrected chi connectivity index (χ0v) is 9.35. The first-order chi connectivity index (χ1) is 6.18. The van der Waals surface area contributed by atoms with Crippen LogP contribution in [0.3, 0.4) is 0 Å². The molecule has 0 radical (unpaired) electrons. The second-order valence-corrected chi connectivity index (χ2v) is 3.77. The molecule has 1 atom stereocenters. The molecule has 0 aromatic rings. The van der Waals surface area contributed by atoms with Crippen molar-refractivity contribution in [3.63, 3.8) is 0 Å². The molecule has 0 aromatic carbocycles. The van der Waals surface area contributed by atoms with Crippen molar-refractivity contribution >= 4 is 0 Å². The first-order valence-corrected chi connectivity index (χ1v) is 4.87. The number of hydrogen-bond acceptors (Lipinski definition) is 3. The van der Waals surface area contributed by atoms with Crippen LogP contribution < -0.4 is 5.32 Å². The van der Waals surface area contributed by atoms with Gasteiger partial charge in [0.25, 0.3) is 0 Å². The second kappa shape index (κ2) is 7.30. The average molecular weight is 189 g/mol. The standard InChI is InChI=1S/C10H23NO2/c1-5-10(2,9-13-4)8-11-6-7-12-3/h11H,5-9H2,1-4H3. The molecule has 0 aliphatic heterocycles. The van der Waals surface area contributed by atoms with Gasteiger partial charge in [-0.15, -0.1) is 0 Å². The van der Waals surface area contributed by atoms with Gasteiger partial charge < -0.3 is 14.8 Å². The van der Waals surface area contributed by atoms with Gasteiger partial charge in [0.2, 0.25) is 0 Å². The lowest BCUT2D eigenvalue weighted by molar-refractivity contribution is 0.0861. The Morgan fingerprint density at radius 3 is 2.38 bits per heavy atom. The molecule has 0 saturated heterocycles. The normalized spacial score (nSPS) is 15.7. The van der Waals surface area contributed by atoms with Gasteiger partial charge >= 0.3 is 0 Å². The Morgan fingerprint density at radius 1 is 1.23 bits per heavy atom. The SMILES string of the molecule is CCC(C)(CNCCOC)COC. The molecule has 0 saturated carbocycles. The van der Waals surface area contributed by atoms with Crippen LogP contribution in [0.2, 0.25) is 0 Å². The Morgan fingerprint density at radius 2 is 1.92 bits per heavy atom. The maximum Gasteiger partial charge on any atom is 0.0587 e. The summed E-state index contributed by atoms with van der Waals surface area (Å²) in [7, 11) is 3.47. The molecule has 80 valence electrons. The lowest BCUT2D eigenvalue weighted by Gasteiger charge is -2.27. The fourth-order valence-electron chi connectivity index (χ4n) is 1.19. The van der Waals surface area contributed by atoms with Crippen LogP contribution in [0.5, 0.6) is 0 Å². The van der Waals surface area contributed by atoms with Gasteiger partial charge in [0.05, 0.1) is 13.2 Å². The molecule has 3 heteroatoms. The van der Waals surface area contributed by atoms with Crippen LogP contribution in [0.25, 0.3) is 0 Å². The lowest BCUT2D eigenvalue weighted by Crippen LogP contribution is -2.36. The van der Waals surface area contributed by atoms with E-state index in [1.54, 1.807) is 14.2 Å². The van der Waals surface area contributed by atoms with Gasteiger partial charge in [-0.2, -0.15) is 0 Å². The van der Waals surface area contributed by atoms with Crippen molar-refractivity contribution in [2.75, 3.05) is 40.5 Å². The molecule has 0 spiro atoms. The summed E-state index contributed by atoms with van der Waals surface area (Å²) in [5, 5.41) is 3.36. The van der Waals surface area contributed by atoms with Gasteiger partial charge in [0, 0.05) is 32.7 Å². The number of rotatable bonds is 8. The minimum atomic E-state index is 0.252. The lowest BCUT2D eigenvalue weighted by atomic mass is 9.88. The molecular formula is C10H23NO2. The summed E-state index contributed by atoms with van der Waals surface area (Å²) in [6, 6.07) is 0. The largest absolute Gasteiger partial charge is 0.384 e. The van der Waals surface area contributed by atoms with Gasteiger partial charge in [-0.1, -0.05) is 13.8 Å². The fraction of sp³-hybridized carbons (Fsp3) is 1.00. The molecule has 0 aliphatic carbocycles. The number of ether oxygens (including phenoxy) is 2. The first kappa shape index (κ1) is 12.9. The molecule has 1 unspecified atom stereocenters. The van der Waals surface area contributed by atoms with E-state index < -0.39 is 0 Å². The Bertz CT molecular complexity index is 119. The van der Waals surface area contributed by atoms with Crippen LogP contribution in [-0.4, -0.2) is 40.5 Å². The molecule has 0 fully saturated rings. The zero-order chi connectivity index (χ0) is 10.2. The van der Waals surface area contributed by atoms with E-state index in [0.29, 0.717) is 0 Å². The Labute approximate surface area is 81.8 Å². The van der Waals surface area contributed by atoms with E-state index in [4.69, 9.17) is 9.47 Å². The van der Waals surface area contributed by atoms with E-state index in [1.807, 2.05) is 0 Å². The highest BCUT2D eigenvalue weighted by atomic mass is 16.5. The van der Waals surface area contributed by atoms with E-state index in [2.05, 4.69) is 19.2 Å². The van der Waals surface area contributed by atoms with Crippen LogP contribution in [0.15, 0.2) is 0 Å². The van der Waals surface area contributed by atoms with Gasteiger partial charge in [0.1, 0.15) is 0 Å². The molecular weight excluding hydrogens is 166 g/mol. The summed E-state index contributed by atoms with van der Waals surface area (Å²) in [4.78, 5) is 0. The predicted octanol–water partition coefficient (Wildman–Crippen LogP) is 1.29. The Hall–Kier alpha value is -0.120. The second-order valence-electron chi connectivity index (χ2n) is 3.77. The van der Waals surface area contributed by atoms with Crippen molar-refractivity contribution in [2.45, 2.75) is 20.3 Å². The van der Waals surface area contributed by atoms with E-state index in [0.717, 1.165) is 32.7 Å². The maximum absolute atomic E-state index is 5.18. The van der Waals surface area contributed by atoms with Gasteiger partial charge in [-0.3, -0.25) is 0 Å². The highest BCUT2D eigenvalue weighted by Gasteiger charge is 2.20. The molecule has 1 N–H and O–H groups in total. The highest BCUT2D eigenvalue weighted by Crippen LogP contribution is 2.19. The van der Waals surface area contributed by atoms with Crippen LogP contribution in [-0.2, 0) is 9.47 Å². The van der Waals surface area contributed by atoms with Crippen LogP contribution in [0.1, 0.15) is 20.3 Å². The van der Waals surface area contributed by atoms with Crippen molar-refractivity contribution in [3.05, 3.63) is 0 Å². The number of methoxy groups -OCH3 is 2. The molecule has 3 nitrogen and oxygen atoms in total. The Balaban J connectivity index is 3.57. The van der Waals surface area contributed by atoms with Crippen molar-refractivity contribution in [1.82, 2.24) is 5.32 Å². The van der Waals surface area contributed by atoms with Gasteiger partial charge in [-0.25, -0.2) is 0 Å². The maximum atomic E-state index is 5.18. The van der Waals surface area contributed by atoms with Crippen LogP contribution >= 0.6 is 0 Å². The summed E-state index contributed by atoms with van der Waals surface area (Å²) < 4.78 is 10.1. The number of hydrogen-bond donors (Lipinski definition) is 1. The summed E-state index contributed by atoms with van der Waals surface area (Å²) in [5.74, 6) is 0. The molecule has 0 heterocycles. The van der Waals surface area contributed by atoms with Crippen molar-refractivity contribution in [3.8, 4) is 0 Å². The topological polar surface area (TPSA) is 30.5 Å². The quantitative estimate of drug-likeness (QED) is 0.584. The molecule has 13 heavy (non-hydrogen) atoms. The zero-order valence-electron chi connectivity index (χ0n) is 9.35. The van der Waals surface area contributed by atoms with E-state index in [-0.39, 0.29) is 5.41 Å². The van der Waals surface area contributed by atoms with E-state index >= 15 is 0 Å². The highest BCUT2D eigenvalue weighted by molar-refractivity contribution is 4.74. The Kier molecular flexibility index (Phi) is 7.23. The number of nitrogens with one attached hydrogen (secondary N) is 1. The molecule has 0 bridgehead atoms. The fourth-order valence-corrected chi connectivity index (χ4v) is 1.19. The van der Waals surface area contributed by atoms with Crippen LogP contribution in [0.4, 0.5) is 0 Å². The average Bonchev–Trinajstić information content (AvgIpc) is 2.13. The van der Waals surface area contributed by atoms with E-state index in [9.17, 15) is 0 Å². The van der Waals surface area contributed by atoms with E-state index in [1.165, 1.54) is 0 Å². The smallest absolute Gasteiger partial charge is 0.0587 e. The minimum absolute atomic E-state index is 0.252. The summed E-state index contributed by atoms with van der Waals surface area (Å²) in [6.45, 7) is 7.90. The third-order valence-corrected chi connectivity index (χ3v) is 2.38. The van der Waals surface area contributed by atoms with Crippen molar-refractivity contribution < 1.29 is 9.47 Å². The summed E-state index contributed by atoms with van der Waals surface area (Å²) in [6.07, 6.45) is 1.13. The van der Waals surface area contributed by atoms with Gasteiger partial charge in [-0.05, 0) is 6.42 Å². The molecule has 0 amide bonds. The first-order valence-electron chi connectivity index (χ1n) is 4.87. The van der Waals surface area contributed by atoms with Crippen LogP contribution in [0, 0.1) is 5.41 Å². The molecule has 0 aromatic heterocycles. The molecule has 0 rings (SSSR count). The van der Waals surface area contributed by atoms with Crippen molar-refractivity contribution in [2.24, 2.45) is 5.41 Å². The third-order valence-electron chi connectivity index (χ3n) is 2.38.